The number of halogens is 1. The first-order valence-electron chi connectivity index (χ1n) is 14.0. The molecule has 3 aromatic heterocycles. The van der Waals surface area contributed by atoms with Crippen molar-refractivity contribution in [3.63, 3.8) is 0 Å². The smallest absolute Gasteiger partial charge is 0.270 e. The number of nitrogens with two attached hydrogens (primary N) is 1. The minimum absolute atomic E-state index is 0.0753. The van der Waals surface area contributed by atoms with Crippen LogP contribution in [-0.2, 0) is 6.54 Å². The van der Waals surface area contributed by atoms with Crippen molar-refractivity contribution in [2.75, 3.05) is 31.1 Å². The van der Waals surface area contributed by atoms with E-state index in [-0.39, 0.29) is 16.8 Å². The van der Waals surface area contributed by atoms with E-state index in [1.54, 1.807) is 13.1 Å². The van der Waals surface area contributed by atoms with Crippen molar-refractivity contribution >= 4 is 22.6 Å². The summed E-state index contributed by atoms with van der Waals surface area (Å²) < 4.78 is 15.4. The fourth-order valence-corrected chi connectivity index (χ4v) is 6.31. The Morgan fingerprint density at radius 2 is 1.74 bits per heavy atom. The Balaban J connectivity index is 1.11. The van der Waals surface area contributed by atoms with Crippen molar-refractivity contribution in [2.24, 2.45) is 11.1 Å². The van der Waals surface area contributed by atoms with Crippen LogP contribution in [0.3, 0.4) is 0 Å². The number of hydrogen-bond acceptors (Lipinski definition) is 8. The van der Waals surface area contributed by atoms with E-state index >= 15 is 4.39 Å². The molecule has 2 saturated heterocycles. The van der Waals surface area contributed by atoms with E-state index in [1.165, 1.54) is 5.56 Å². The van der Waals surface area contributed by atoms with Crippen LogP contribution in [0.2, 0.25) is 0 Å². The lowest BCUT2D eigenvalue weighted by molar-refractivity contribution is -0.0276. The molecule has 0 unspecified atom stereocenters. The number of aromatic nitrogens is 4. The van der Waals surface area contributed by atoms with Crippen LogP contribution in [0.15, 0.2) is 72.9 Å². The highest BCUT2D eigenvalue weighted by Crippen LogP contribution is 2.42. The molecule has 2 N–H and O–H groups in total. The van der Waals surface area contributed by atoms with E-state index in [0.29, 0.717) is 16.8 Å². The standard InChI is InChI=1S/C33H27FN8O/c1-20-24-13-25(22-5-3-2-4-6-22)29(40-30(24)28(34)31(38-20)32(36)43)23-9-7-21(8-10-23)15-41-16-33(17-41)18-42(19-33)27-11-12-37-26(14-35)39-27/h2-13H,15-19H2,1H3,(H2,36,43). The van der Waals surface area contributed by atoms with E-state index in [1.807, 2.05) is 60.7 Å². The minimum atomic E-state index is -0.924. The lowest BCUT2D eigenvalue weighted by Gasteiger charge is -2.60. The minimum Gasteiger partial charge on any atom is -0.364 e. The summed E-state index contributed by atoms with van der Waals surface area (Å²) in [6.07, 6.45) is 1.63. The maximum atomic E-state index is 15.4. The number of benzene rings is 2. The largest absolute Gasteiger partial charge is 0.364 e. The van der Waals surface area contributed by atoms with E-state index in [4.69, 9.17) is 16.0 Å². The van der Waals surface area contributed by atoms with Crippen molar-refractivity contribution in [3.05, 3.63) is 102 Å². The van der Waals surface area contributed by atoms with Gasteiger partial charge in [0.25, 0.3) is 5.91 Å². The predicted octanol–water partition coefficient (Wildman–Crippen LogP) is 4.49. The Labute approximate surface area is 247 Å². The van der Waals surface area contributed by atoms with Crippen LogP contribution in [0.1, 0.15) is 27.6 Å². The number of primary amides is 1. The first kappa shape index (κ1) is 26.6. The Morgan fingerprint density at radius 3 is 2.44 bits per heavy atom. The molecule has 2 fully saturated rings. The van der Waals surface area contributed by atoms with Gasteiger partial charge in [-0.3, -0.25) is 9.69 Å². The lowest BCUT2D eigenvalue weighted by atomic mass is 9.72. The van der Waals surface area contributed by atoms with Gasteiger partial charge < -0.3 is 10.6 Å². The summed E-state index contributed by atoms with van der Waals surface area (Å²) >= 11 is 0. The summed E-state index contributed by atoms with van der Waals surface area (Å²) in [5, 5.41) is 9.61. The van der Waals surface area contributed by atoms with Crippen molar-refractivity contribution in [1.29, 1.82) is 5.26 Å². The van der Waals surface area contributed by atoms with Crippen LogP contribution < -0.4 is 10.6 Å². The molecular formula is C33H27FN8O. The second-order valence-electron chi connectivity index (χ2n) is 11.4. The molecule has 212 valence electrons. The van der Waals surface area contributed by atoms with Gasteiger partial charge in [-0.1, -0.05) is 54.6 Å². The second kappa shape index (κ2) is 10.2. The first-order valence-corrected chi connectivity index (χ1v) is 14.0. The summed E-state index contributed by atoms with van der Waals surface area (Å²) in [4.78, 5) is 33.6. The van der Waals surface area contributed by atoms with E-state index in [0.717, 1.165) is 55.2 Å². The van der Waals surface area contributed by atoms with Gasteiger partial charge in [-0.15, -0.1) is 0 Å². The van der Waals surface area contributed by atoms with Crippen molar-refractivity contribution in [2.45, 2.75) is 13.5 Å². The zero-order chi connectivity index (χ0) is 29.7. The molecule has 2 aliphatic rings. The van der Waals surface area contributed by atoms with Gasteiger partial charge in [0.15, 0.2) is 11.5 Å². The zero-order valence-electron chi connectivity index (χ0n) is 23.5. The molecule has 1 amide bonds. The molecular weight excluding hydrogens is 543 g/mol. The van der Waals surface area contributed by atoms with Gasteiger partial charge in [0.1, 0.15) is 17.4 Å². The number of hydrogen-bond donors (Lipinski definition) is 1. The number of likely N-dealkylation sites (tertiary alicyclic amines) is 1. The number of carbonyl (C=O) groups is 1. The van der Waals surface area contributed by atoms with Crippen molar-refractivity contribution < 1.29 is 9.18 Å². The average molecular weight is 571 g/mol. The van der Waals surface area contributed by atoms with Gasteiger partial charge in [-0.2, -0.15) is 5.26 Å². The molecule has 9 nitrogen and oxygen atoms in total. The van der Waals surface area contributed by atoms with Gasteiger partial charge in [0.05, 0.1) is 5.69 Å². The third kappa shape index (κ3) is 4.73. The van der Waals surface area contributed by atoms with Gasteiger partial charge in [0.2, 0.25) is 5.82 Å². The number of fused-ring (bicyclic) bond motifs is 1. The fraction of sp³-hybridized carbons (Fsp3) is 0.212. The highest BCUT2D eigenvalue weighted by molar-refractivity contribution is 5.98. The van der Waals surface area contributed by atoms with Crippen LogP contribution in [0, 0.1) is 29.5 Å². The summed E-state index contributed by atoms with van der Waals surface area (Å²) in [5.41, 5.74) is 10.2. The number of carbonyl (C=O) groups excluding carboxylic acids is 1. The van der Waals surface area contributed by atoms with Crippen molar-refractivity contribution in [3.8, 4) is 28.5 Å². The Kier molecular flexibility index (Phi) is 6.33. The molecule has 5 aromatic rings. The Bertz CT molecular complexity index is 1920. The number of aryl methyl sites for hydroxylation is 1. The van der Waals surface area contributed by atoms with Gasteiger partial charge in [-0.25, -0.2) is 24.3 Å². The van der Waals surface area contributed by atoms with Crippen molar-refractivity contribution in [1.82, 2.24) is 24.8 Å². The summed E-state index contributed by atoms with van der Waals surface area (Å²) in [7, 11) is 0. The Hall–Kier alpha value is -5.27. The SMILES string of the molecule is Cc1nc(C(N)=O)c(F)c2nc(-c3ccc(CN4CC5(C4)CN(c4ccnc(C#N)n4)C5)cc3)c(-c3ccccc3)cc12. The van der Waals surface area contributed by atoms with Crippen LogP contribution in [0.5, 0.6) is 0 Å². The second-order valence-corrected chi connectivity index (χ2v) is 11.4. The van der Waals surface area contributed by atoms with Gasteiger partial charge in [0, 0.05) is 66.5 Å². The van der Waals surface area contributed by atoms with E-state index < -0.39 is 17.4 Å². The molecule has 5 heterocycles. The fourth-order valence-electron chi connectivity index (χ4n) is 6.31. The maximum absolute atomic E-state index is 15.4. The normalized spacial score (nSPS) is 15.6. The zero-order valence-corrected chi connectivity index (χ0v) is 23.5. The van der Waals surface area contributed by atoms with Crippen LogP contribution in [0.25, 0.3) is 33.3 Å². The van der Waals surface area contributed by atoms with Crippen LogP contribution in [0.4, 0.5) is 10.2 Å². The van der Waals surface area contributed by atoms with Gasteiger partial charge in [-0.05, 0) is 30.2 Å². The number of nitrogens with zero attached hydrogens (tertiary/aromatic N) is 7. The van der Waals surface area contributed by atoms with Crippen LogP contribution >= 0.6 is 0 Å². The molecule has 0 radical (unpaired) electrons. The van der Waals surface area contributed by atoms with Crippen LogP contribution in [-0.4, -0.2) is 56.9 Å². The molecule has 2 aromatic carbocycles. The quantitative estimate of drug-likeness (QED) is 0.317. The lowest BCUT2D eigenvalue weighted by Crippen LogP contribution is -2.72. The number of pyridine rings is 2. The average Bonchev–Trinajstić information content (AvgIpc) is 2.99. The molecule has 0 aliphatic carbocycles. The molecule has 7 rings (SSSR count). The molecule has 0 saturated carbocycles. The topological polar surface area (TPSA) is 125 Å². The van der Waals surface area contributed by atoms with E-state index in [2.05, 4.69) is 36.9 Å². The molecule has 1 spiro atoms. The predicted molar refractivity (Wildman–Crippen MR) is 160 cm³/mol. The summed E-state index contributed by atoms with van der Waals surface area (Å²) in [6.45, 7) is 6.39. The first-order chi connectivity index (χ1) is 20.8. The molecule has 10 heteroatoms. The number of rotatable bonds is 6. The molecule has 0 atom stereocenters. The maximum Gasteiger partial charge on any atom is 0.270 e. The third-order valence-electron chi connectivity index (χ3n) is 8.29. The number of anilines is 1. The Morgan fingerprint density at radius 1 is 1.00 bits per heavy atom. The molecule has 0 bridgehead atoms. The number of nitriles is 1. The number of amides is 1. The summed E-state index contributed by atoms with van der Waals surface area (Å²) in [6, 6.07) is 23.8. The molecule has 2 aliphatic heterocycles. The highest BCUT2D eigenvalue weighted by atomic mass is 19.1. The highest BCUT2D eigenvalue weighted by Gasteiger charge is 2.51. The molecule has 43 heavy (non-hydrogen) atoms. The monoisotopic (exact) mass is 570 g/mol. The third-order valence-corrected chi connectivity index (χ3v) is 8.29. The van der Waals surface area contributed by atoms with E-state index in [9.17, 15) is 4.79 Å². The van der Waals surface area contributed by atoms with Gasteiger partial charge >= 0.3 is 0 Å². The summed E-state index contributed by atoms with van der Waals surface area (Å²) in [5.74, 6) is -0.732.